The van der Waals surface area contributed by atoms with Crippen LogP contribution in [0, 0.1) is 11.3 Å². The van der Waals surface area contributed by atoms with E-state index in [1.54, 1.807) is 17.0 Å². The first-order valence-electron chi connectivity index (χ1n) is 10.2. The number of nitrogens with zero attached hydrogens (tertiary/aromatic N) is 2. The number of hydrogen-bond donors (Lipinski definition) is 2. The molecule has 2 aliphatic rings. The van der Waals surface area contributed by atoms with Crippen molar-refractivity contribution in [3.63, 3.8) is 0 Å². The summed E-state index contributed by atoms with van der Waals surface area (Å²) in [5.74, 6) is 0.472. The van der Waals surface area contributed by atoms with Gasteiger partial charge in [-0.25, -0.2) is 4.79 Å². The highest BCUT2D eigenvalue weighted by Gasteiger charge is 2.36. The van der Waals surface area contributed by atoms with Gasteiger partial charge in [0.2, 0.25) is 0 Å². The molecule has 1 aliphatic carbocycles. The highest BCUT2D eigenvalue weighted by molar-refractivity contribution is 5.97. The van der Waals surface area contributed by atoms with E-state index in [9.17, 15) is 9.59 Å². The first kappa shape index (κ1) is 20.2. The number of ether oxygens (including phenoxy) is 1. The van der Waals surface area contributed by atoms with Crippen molar-refractivity contribution in [3.05, 3.63) is 29.8 Å². The Morgan fingerprint density at radius 1 is 1.18 bits per heavy atom. The van der Waals surface area contributed by atoms with Crippen molar-refractivity contribution in [2.75, 3.05) is 24.6 Å². The number of amides is 2. The number of esters is 1. The number of urea groups is 1. The van der Waals surface area contributed by atoms with Gasteiger partial charge < -0.3 is 15.4 Å². The molecule has 0 bridgehead atoms. The lowest BCUT2D eigenvalue weighted by atomic mass is 9.83. The van der Waals surface area contributed by atoms with Gasteiger partial charge in [-0.2, -0.15) is 0 Å². The Bertz CT molecular complexity index is 711. The number of hydrogen-bond acceptors (Lipinski definition) is 4. The summed E-state index contributed by atoms with van der Waals surface area (Å²) in [5.41, 5.74) is 7.01. The average Bonchev–Trinajstić information content (AvgIpc) is 3.08. The van der Waals surface area contributed by atoms with Gasteiger partial charge >= 0.3 is 12.0 Å². The minimum absolute atomic E-state index is 0.0284. The van der Waals surface area contributed by atoms with E-state index in [0.29, 0.717) is 31.1 Å². The minimum Gasteiger partial charge on any atom is -0.466 e. The van der Waals surface area contributed by atoms with Crippen LogP contribution in [0.4, 0.5) is 10.5 Å². The van der Waals surface area contributed by atoms with Gasteiger partial charge in [-0.05, 0) is 69.2 Å². The second-order valence-corrected chi connectivity index (χ2v) is 7.61. The molecule has 0 atom stereocenters. The molecular formula is C21H30N4O3. The highest BCUT2D eigenvalue weighted by Crippen LogP contribution is 2.33. The molecule has 1 aliphatic heterocycles. The van der Waals surface area contributed by atoms with E-state index in [2.05, 4.69) is 0 Å². The average molecular weight is 386 g/mol. The lowest BCUT2D eigenvalue weighted by Gasteiger charge is -2.34. The Morgan fingerprint density at radius 2 is 1.86 bits per heavy atom. The van der Waals surface area contributed by atoms with Crippen molar-refractivity contribution < 1.29 is 14.3 Å². The van der Waals surface area contributed by atoms with Crippen molar-refractivity contribution in [1.82, 2.24) is 4.90 Å². The number of amidine groups is 1. The second kappa shape index (κ2) is 9.08. The molecule has 3 rings (SSSR count). The molecule has 1 heterocycles. The number of nitrogens with two attached hydrogens (primary N) is 1. The number of benzene rings is 1. The number of anilines is 1. The number of carbonyl (C=O) groups excluding carboxylic acids is 2. The van der Waals surface area contributed by atoms with E-state index in [4.69, 9.17) is 15.9 Å². The summed E-state index contributed by atoms with van der Waals surface area (Å²) >= 11 is 0. The molecule has 2 amide bonds. The quantitative estimate of drug-likeness (QED) is 0.427. The molecule has 1 saturated carbocycles. The summed E-state index contributed by atoms with van der Waals surface area (Å²) in [7, 11) is 0. The topological polar surface area (TPSA) is 99.7 Å². The first-order valence-corrected chi connectivity index (χ1v) is 10.2. The van der Waals surface area contributed by atoms with Crippen LogP contribution in [0.2, 0.25) is 0 Å². The van der Waals surface area contributed by atoms with Crippen LogP contribution in [-0.2, 0) is 9.53 Å². The smallest absolute Gasteiger partial charge is 0.324 e. The molecule has 0 radical (unpaired) electrons. The Balaban J connectivity index is 1.50. The summed E-state index contributed by atoms with van der Waals surface area (Å²) in [6, 6.07) is 7.61. The number of nitrogens with one attached hydrogen (secondary N) is 1. The number of nitrogen functional groups attached to an aromatic ring is 1. The molecule has 0 spiro atoms. The van der Waals surface area contributed by atoms with Crippen LogP contribution in [0.3, 0.4) is 0 Å². The Labute approximate surface area is 166 Å². The molecule has 7 heteroatoms. The van der Waals surface area contributed by atoms with Crippen molar-refractivity contribution in [2.45, 2.75) is 51.5 Å². The third-order valence-electron chi connectivity index (χ3n) is 5.85. The molecule has 152 valence electrons. The van der Waals surface area contributed by atoms with Crippen LogP contribution in [0.15, 0.2) is 24.3 Å². The third kappa shape index (κ3) is 4.64. The zero-order valence-electron chi connectivity index (χ0n) is 16.5. The van der Waals surface area contributed by atoms with Crippen molar-refractivity contribution in [3.8, 4) is 0 Å². The lowest BCUT2D eigenvalue weighted by molar-refractivity contribution is -0.143. The van der Waals surface area contributed by atoms with Gasteiger partial charge in [0, 0.05) is 36.8 Å². The van der Waals surface area contributed by atoms with Crippen LogP contribution < -0.4 is 10.6 Å². The van der Waals surface area contributed by atoms with E-state index < -0.39 is 0 Å². The maximum Gasteiger partial charge on any atom is 0.324 e. The summed E-state index contributed by atoms with van der Waals surface area (Å²) in [4.78, 5) is 28.3. The second-order valence-electron chi connectivity index (χ2n) is 7.61. The number of carbonyl (C=O) groups is 2. The zero-order valence-corrected chi connectivity index (χ0v) is 16.5. The normalized spacial score (nSPS) is 22.4. The lowest BCUT2D eigenvalue weighted by Crippen LogP contribution is -2.41. The molecule has 1 aromatic rings. The zero-order chi connectivity index (χ0) is 20.1. The van der Waals surface area contributed by atoms with Gasteiger partial charge in [0.15, 0.2) is 0 Å². The molecule has 7 nitrogen and oxygen atoms in total. The van der Waals surface area contributed by atoms with Gasteiger partial charge in [-0.3, -0.25) is 15.1 Å². The Kier molecular flexibility index (Phi) is 6.54. The largest absolute Gasteiger partial charge is 0.466 e. The van der Waals surface area contributed by atoms with E-state index in [0.717, 1.165) is 44.3 Å². The summed E-state index contributed by atoms with van der Waals surface area (Å²) in [5, 5.41) is 7.47. The minimum atomic E-state index is -0.106. The van der Waals surface area contributed by atoms with Crippen molar-refractivity contribution in [2.24, 2.45) is 11.7 Å². The molecular weight excluding hydrogens is 356 g/mol. The van der Waals surface area contributed by atoms with Gasteiger partial charge in [0.1, 0.15) is 5.84 Å². The van der Waals surface area contributed by atoms with E-state index in [1.807, 2.05) is 24.0 Å². The summed E-state index contributed by atoms with van der Waals surface area (Å²) < 4.78 is 5.01. The van der Waals surface area contributed by atoms with Crippen LogP contribution in [-0.4, -0.2) is 48.5 Å². The van der Waals surface area contributed by atoms with Gasteiger partial charge in [0.05, 0.1) is 6.61 Å². The predicted octanol–water partition coefficient (Wildman–Crippen LogP) is 3.11. The summed E-state index contributed by atoms with van der Waals surface area (Å²) in [6.07, 6.45) is 5.49. The van der Waals surface area contributed by atoms with E-state index >= 15 is 0 Å². The van der Waals surface area contributed by atoms with Crippen molar-refractivity contribution >= 4 is 23.5 Å². The number of rotatable bonds is 7. The summed E-state index contributed by atoms with van der Waals surface area (Å²) in [6.45, 7) is 3.69. The molecule has 2 fully saturated rings. The molecule has 28 heavy (non-hydrogen) atoms. The van der Waals surface area contributed by atoms with Crippen LogP contribution >= 0.6 is 0 Å². The maximum atomic E-state index is 12.9. The maximum absolute atomic E-state index is 12.9. The fourth-order valence-electron chi connectivity index (χ4n) is 4.25. The van der Waals surface area contributed by atoms with Crippen LogP contribution in [0.1, 0.15) is 51.0 Å². The molecule has 1 aromatic carbocycles. The standard InChI is InChI=1S/C21H30N4O3/c1-2-28-19(26)12-5-15-3-8-17(9-4-15)24-13-14-25(21(24)27)18-10-6-16(7-11-18)20(22)23/h6-7,10-11,15,17H,2-5,8-9,12-14H2,1H3,(H3,22,23). The van der Waals surface area contributed by atoms with Gasteiger partial charge in [0.25, 0.3) is 0 Å². The highest BCUT2D eigenvalue weighted by atomic mass is 16.5. The SMILES string of the molecule is CCOC(=O)CCC1CCC(N2CCN(c3ccc(C(=N)N)cc3)C2=O)CC1. The fraction of sp³-hybridized carbons (Fsp3) is 0.571. The third-order valence-corrected chi connectivity index (χ3v) is 5.85. The van der Waals surface area contributed by atoms with E-state index in [-0.39, 0.29) is 23.9 Å². The fourth-order valence-corrected chi connectivity index (χ4v) is 4.25. The van der Waals surface area contributed by atoms with Gasteiger partial charge in [-0.15, -0.1) is 0 Å². The van der Waals surface area contributed by atoms with Crippen molar-refractivity contribution in [1.29, 1.82) is 5.41 Å². The predicted molar refractivity (Wildman–Crippen MR) is 109 cm³/mol. The molecule has 0 unspecified atom stereocenters. The molecule has 0 aromatic heterocycles. The monoisotopic (exact) mass is 386 g/mol. The molecule has 1 saturated heterocycles. The Morgan fingerprint density at radius 3 is 2.46 bits per heavy atom. The van der Waals surface area contributed by atoms with Crippen LogP contribution in [0.5, 0.6) is 0 Å². The van der Waals surface area contributed by atoms with Crippen LogP contribution in [0.25, 0.3) is 0 Å². The Hall–Kier alpha value is -2.57. The molecule has 3 N–H and O–H groups in total. The van der Waals surface area contributed by atoms with E-state index in [1.165, 1.54) is 0 Å². The van der Waals surface area contributed by atoms with Gasteiger partial charge in [-0.1, -0.05) is 0 Å². The first-order chi connectivity index (χ1) is 13.5.